The summed E-state index contributed by atoms with van der Waals surface area (Å²) in [5.74, 6) is 0.521. The number of nitrogens with zero attached hydrogens (tertiary/aromatic N) is 2. The van der Waals surface area contributed by atoms with Gasteiger partial charge in [0.1, 0.15) is 11.8 Å². The van der Waals surface area contributed by atoms with Crippen molar-refractivity contribution in [1.82, 2.24) is 9.55 Å². The maximum atomic E-state index is 12.6. The highest BCUT2D eigenvalue weighted by molar-refractivity contribution is 5.96. The maximum absolute atomic E-state index is 12.6. The number of hydrogen-bond donors (Lipinski definition) is 1. The van der Waals surface area contributed by atoms with E-state index in [4.69, 9.17) is 4.42 Å². The zero-order chi connectivity index (χ0) is 22.9. The molecule has 166 valence electrons. The van der Waals surface area contributed by atoms with Crippen LogP contribution < -0.4 is 0 Å². The zero-order valence-electron chi connectivity index (χ0n) is 18.4. The minimum Gasteiger partial charge on any atom is -0.480 e. The van der Waals surface area contributed by atoms with Crippen LogP contribution in [0.25, 0.3) is 0 Å². The summed E-state index contributed by atoms with van der Waals surface area (Å²) in [4.78, 5) is 28.8. The fourth-order valence-corrected chi connectivity index (χ4v) is 3.47. The molecule has 0 saturated carbocycles. The Kier molecular flexibility index (Phi) is 7.97. The predicted molar refractivity (Wildman–Crippen MR) is 123 cm³/mol. The molecular formula is C26H28N2O4. The summed E-state index contributed by atoms with van der Waals surface area (Å²) < 4.78 is 7.36. The Morgan fingerprint density at radius 1 is 1.16 bits per heavy atom. The van der Waals surface area contributed by atoms with Gasteiger partial charge >= 0.3 is 5.97 Å². The van der Waals surface area contributed by atoms with Crippen LogP contribution in [0.4, 0.5) is 0 Å². The van der Waals surface area contributed by atoms with Crippen LogP contribution in [0.3, 0.4) is 0 Å². The Hall–Kier alpha value is -3.67. The fraction of sp³-hybridized carbons (Fsp3) is 0.269. The predicted octanol–water partition coefficient (Wildman–Crippen LogP) is 5.14. The highest BCUT2D eigenvalue weighted by Crippen LogP contribution is 2.18. The van der Waals surface area contributed by atoms with Crippen molar-refractivity contribution in [2.75, 3.05) is 0 Å². The van der Waals surface area contributed by atoms with Gasteiger partial charge < -0.3 is 14.1 Å². The summed E-state index contributed by atoms with van der Waals surface area (Å²) in [5, 5.41) is 9.53. The van der Waals surface area contributed by atoms with Gasteiger partial charge in [0.15, 0.2) is 11.7 Å². The van der Waals surface area contributed by atoms with E-state index < -0.39 is 12.0 Å². The molecule has 6 heteroatoms. The molecule has 0 bridgehead atoms. The first-order chi connectivity index (χ1) is 15.5. The van der Waals surface area contributed by atoms with Gasteiger partial charge in [-0.2, -0.15) is 0 Å². The number of rotatable bonds is 11. The van der Waals surface area contributed by atoms with Crippen molar-refractivity contribution in [3.63, 3.8) is 0 Å². The molecular weight excluding hydrogens is 404 g/mol. The Morgan fingerprint density at radius 2 is 1.88 bits per heavy atom. The van der Waals surface area contributed by atoms with Gasteiger partial charge in [0.2, 0.25) is 0 Å². The van der Waals surface area contributed by atoms with E-state index in [1.807, 2.05) is 50.3 Å². The average Bonchev–Trinajstić information content (AvgIpc) is 3.43. The van der Waals surface area contributed by atoms with Crippen LogP contribution in [0.2, 0.25) is 0 Å². The Balaban J connectivity index is 1.57. The molecule has 32 heavy (non-hydrogen) atoms. The SMILES string of the molecule is C/C=C\C=C/Cc1nc(CCC(=O)c2ccc(CC(C(=O)O)n3cccc3)cc2)c(C)o1. The number of ketones is 1. The lowest BCUT2D eigenvalue weighted by atomic mass is 10.0. The summed E-state index contributed by atoms with van der Waals surface area (Å²) >= 11 is 0. The van der Waals surface area contributed by atoms with E-state index in [-0.39, 0.29) is 5.78 Å². The summed E-state index contributed by atoms with van der Waals surface area (Å²) in [6.45, 7) is 3.82. The highest BCUT2D eigenvalue weighted by Gasteiger charge is 2.19. The van der Waals surface area contributed by atoms with Crippen LogP contribution in [0.1, 0.15) is 52.7 Å². The number of carbonyl (C=O) groups is 2. The smallest absolute Gasteiger partial charge is 0.327 e. The quantitative estimate of drug-likeness (QED) is 0.335. The minimum atomic E-state index is -0.888. The van der Waals surface area contributed by atoms with Gasteiger partial charge in [0.05, 0.1) is 5.69 Å². The van der Waals surface area contributed by atoms with Crippen LogP contribution >= 0.6 is 0 Å². The number of carboxylic acids is 1. The summed E-state index contributed by atoms with van der Waals surface area (Å²) in [7, 11) is 0. The molecule has 0 aliphatic heterocycles. The summed E-state index contributed by atoms with van der Waals surface area (Å²) in [6.07, 6.45) is 13.1. The molecule has 1 atom stereocenters. The maximum Gasteiger partial charge on any atom is 0.327 e. The van der Waals surface area contributed by atoms with E-state index in [0.717, 1.165) is 17.0 Å². The lowest BCUT2D eigenvalue weighted by Gasteiger charge is -2.14. The molecule has 0 saturated heterocycles. The molecule has 1 N–H and O–H groups in total. The first kappa shape index (κ1) is 23.0. The van der Waals surface area contributed by atoms with Gasteiger partial charge in [-0.1, -0.05) is 48.6 Å². The molecule has 0 radical (unpaired) electrons. The lowest BCUT2D eigenvalue weighted by molar-refractivity contribution is -0.140. The number of aliphatic carboxylic acids is 1. The van der Waals surface area contributed by atoms with E-state index in [9.17, 15) is 14.7 Å². The van der Waals surface area contributed by atoms with Gasteiger partial charge in [0.25, 0.3) is 0 Å². The molecule has 2 aromatic heterocycles. The van der Waals surface area contributed by atoms with Crippen molar-refractivity contribution in [1.29, 1.82) is 0 Å². The van der Waals surface area contributed by atoms with Crippen molar-refractivity contribution in [3.05, 3.63) is 102 Å². The first-order valence-corrected chi connectivity index (χ1v) is 10.7. The summed E-state index contributed by atoms with van der Waals surface area (Å²) in [6, 6.07) is 10.1. The van der Waals surface area contributed by atoms with E-state index in [0.29, 0.717) is 37.1 Å². The van der Waals surface area contributed by atoms with Crippen LogP contribution in [-0.4, -0.2) is 26.4 Å². The minimum absolute atomic E-state index is 0.0219. The van der Waals surface area contributed by atoms with Crippen LogP contribution in [0.15, 0.2) is 77.5 Å². The third-order valence-electron chi connectivity index (χ3n) is 5.24. The molecule has 3 aromatic rings. The van der Waals surface area contributed by atoms with Crippen LogP contribution in [-0.2, 0) is 24.1 Å². The van der Waals surface area contributed by atoms with Crippen molar-refractivity contribution < 1.29 is 19.1 Å². The second kappa shape index (κ2) is 11.1. The molecule has 0 spiro atoms. The van der Waals surface area contributed by atoms with Gasteiger partial charge in [-0.05, 0) is 31.5 Å². The fourth-order valence-electron chi connectivity index (χ4n) is 3.47. The largest absolute Gasteiger partial charge is 0.480 e. The molecule has 2 heterocycles. The lowest BCUT2D eigenvalue weighted by Crippen LogP contribution is -2.20. The number of Topliss-reactive ketones (excluding diaryl/α,β-unsaturated/α-hetero) is 1. The summed E-state index contributed by atoms with van der Waals surface area (Å²) in [5.41, 5.74) is 2.28. The monoisotopic (exact) mass is 432 g/mol. The normalized spacial score (nSPS) is 12.6. The van der Waals surface area contributed by atoms with E-state index in [1.54, 1.807) is 41.2 Å². The number of benzene rings is 1. The Morgan fingerprint density at radius 3 is 2.53 bits per heavy atom. The first-order valence-electron chi connectivity index (χ1n) is 10.7. The van der Waals surface area contributed by atoms with E-state index in [2.05, 4.69) is 4.98 Å². The molecule has 3 rings (SSSR count). The molecule has 6 nitrogen and oxygen atoms in total. The second-order valence-corrected chi connectivity index (χ2v) is 7.58. The number of hydrogen-bond acceptors (Lipinski definition) is 4. The van der Waals surface area contributed by atoms with Crippen molar-refractivity contribution >= 4 is 11.8 Å². The van der Waals surface area contributed by atoms with Crippen molar-refractivity contribution in [2.24, 2.45) is 0 Å². The third-order valence-corrected chi connectivity index (χ3v) is 5.24. The van der Waals surface area contributed by atoms with Gasteiger partial charge in [-0.25, -0.2) is 9.78 Å². The molecule has 0 aliphatic rings. The van der Waals surface area contributed by atoms with Crippen molar-refractivity contribution in [3.8, 4) is 0 Å². The molecule has 1 aromatic carbocycles. The Labute approximate surface area is 187 Å². The highest BCUT2D eigenvalue weighted by atomic mass is 16.4. The molecule has 0 fully saturated rings. The van der Waals surface area contributed by atoms with Crippen LogP contribution in [0, 0.1) is 6.92 Å². The average molecular weight is 433 g/mol. The van der Waals surface area contributed by atoms with E-state index >= 15 is 0 Å². The number of oxazole rings is 1. The van der Waals surface area contributed by atoms with Crippen LogP contribution in [0.5, 0.6) is 0 Å². The van der Waals surface area contributed by atoms with Crippen molar-refractivity contribution in [2.45, 2.75) is 45.6 Å². The topological polar surface area (TPSA) is 85.3 Å². The van der Waals surface area contributed by atoms with E-state index in [1.165, 1.54) is 0 Å². The third kappa shape index (κ3) is 6.17. The standard InChI is InChI=1S/C26H28N2O4/c1-3-4-5-6-9-25-27-22(19(2)32-25)14-15-24(29)21-12-10-20(11-13-21)18-23(26(30)31)28-16-7-8-17-28/h3-8,10-13,16-17,23H,9,14-15,18H2,1-2H3,(H,30,31)/b4-3-,6-5-. The number of carbonyl (C=O) groups excluding carboxylic acids is 1. The number of carboxylic acid groups (broad SMARTS) is 1. The van der Waals surface area contributed by atoms with Gasteiger partial charge in [0, 0.05) is 43.6 Å². The zero-order valence-corrected chi connectivity index (χ0v) is 18.4. The number of allylic oxidation sites excluding steroid dienone is 4. The Bertz CT molecular complexity index is 1090. The number of aryl methyl sites for hydroxylation is 2. The molecule has 1 unspecified atom stereocenters. The van der Waals surface area contributed by atoms with Gasteiger partial charge in [-0.3, -0.25) is 4.79 Å². The second-order valence-electron chi connectivity index (χ2n) is 7.58. The molecule has 0 aliphatic carbocycles. The molecule has 0 amide bonds. The van der Waals surface area contributed by atoms with Gasteiger partial charge in [-0.15, -0.1) is 0 Å². The number of aromatic nitrogens is 2.